The molecule has 2 rings (SSSR count). The summed E-state index contributed by atoms with van der Waals surface area (Å²) in [6.07, 6.45) is 0. The Kier molecular flexibility index (Phi) is 4.92. The predicted molar refractivity (Wildman–Crippen MR) is 84.8 cm³/mol. The molecule has 1 N–H and O–H groups in total. The first-order chi connectivity index (χ1) is 10.4. The Balaban J connectivity index is 2.17. The van der Waals surface area contributed by atoms with Crippen LogP contribution in [0.1, 0.15) is 16.2 Å². The highest BCUT2D eigenvalue weighted by Crippen LogP contribution is 2.17. The number of benzene rings is 1. The number of hydrogen-bond donors (Lipinski definition) is 1. The van der Waals surface area contributed by atoms with Gasteiger partial charge in [-0.2, -0.15) is 0 Å². The fraction of sp³-hybridized carbons (Fsp3) is 0.286. The Hall–Kier alpha value is -2.22. The molecular weight excluding hydrogens is 350 g/mol. The van der Waals surface area contributed by atoms with Crippen LogP contribution in [-0.4, -0.2) is 52.3 Å². The normalized spacial score (nSPS) is 10.4. The van der Waals surface area contributed by atoms with Crippen molar-refractivity contribution in [3.63, 3.8) is 0 Å². The zero-order chi connectivity index (χ0) is 16.3. The molecule has 0 bridgehead atoms. The molecule has 0 aliphatic carbocycles. The van der Waals surface area contributed by atoms with Crippen molar-refractivity contribution in [2.75, 3.05) is 20.6 Å². The SMILES string of the molecule is Cc1c(C(=O)NCC(=O)N(C)C)nnn1-c1cccc(Br)c1. The Morgan fingerprint density at radius 2 is 2.09 bits per heavy atom. The summed E-state index contributed by atoms with van der Waals surface area (Å²) >= 11 is 3.39. The summed E-state index contributed by atoms with van der Waals surface area (Å²) in [5.74, 6) is -0.612. The minimum atomic E-state index is -0.422. The lowest BCUT2D eigenvalue weighted by atomic mass is 10.3. The van der Waals surface area contributed by atoms with E-state index >= 15 is 0 Å². The molecular formula is C14H16BrN5O2. The topological polar surface area (TPSA) is 80.1 Å². The molecule has 8 heteroatoms. The molecule has 0 spiro atoms. The lowest BCUT2D eigenvalue weighted by Gasteiger charge is -2.10. The average Bonchev–Trinajstić information content (AvgIpc) is 2.86. The molecule has 116 valence electrons. The van der Waals surface area contributed by atoms with Gasteiger partial charge in [0, 0.05) is 18.6 Å². The van der Waals surface area contributed by atoms with E-state index in [1.807, 2.05) is 24.3 Å². The molecule has 1 heterocycles. The van der Waals surface area contributed by atoms with Crippen molar-refractivity contribution >= 4 is 27.7 Å². The lowest BCUT2D eigenvalue weighted by molar-refractivity contribution is -0.127. The van der Waals surface area contributed by atoms with E-state index in [0.29, 0.717) is 5.69 Å². The Labute approximate surface area is 136 Å². The van der Waals surface area contributed by atoms with Crippen LogP contribution in [0.25, 0.3) is 5.69 Å². The molecule has 1 aromatic carbocycles. The summed E-state index contributed by atoms with van der Waals surface area (Å²) in [5, 5.41) is 10.4. The average molecular weight is 366 g/mol. The number of halogens is 1. The van der Waals surface area contributed by atoms with Gasteiger partial charge in [0.2, 0.25) is 5.91 Å². The quantitative estimate of drug-likeness (QED) is 0.881. The Morgan fingerprint density at radius 3 is 2.73 bits per heavy atom. The molecule has 0 saturated carbocycles. The second kappa shape index (κ2) is 6.69. The maximum atomic E-state index is 12.1. The van der Waals surface area contributed by atoms with Gasteiger partial charge in [-0.25, -0.2) is 4.68 Å². The summed E-state index contributed by atoms with van der Waals surface area (Å²) in [4.78, 5) is 25.0. The van der Waals surface area contributed by atoms with Gasteiger partial charge in [0.15, 0.2) is 5.69 Å². The fourth-order valence-corrected chi connectivity index (χ4v) is 2.18. The zero-order valence-electron chi connectivity index (χ0n) is 12.5. The number of hydrogen-bond acceptors (Lipinski definition) is 4. The van der Waals surface area contributed by atoms with E-state index in [0.717, 1.165) is 10.2 Å². The molecule has 0 aliphatic heterocycles. The van der Waals surface area contributed by atoms with Crippen molar-refractivity contribution in [3.8, 4) is 5.69 Å². The minimum Gasteiger partial charge on any atom is -0.347 e. The van der Waals surface area contributed by atoms with Crippen molar-refractivity contribution in [2.24, 2.45) is 0 Å². The summed E-state index contributed by atoms with van der Waals surface area (Å²) < 4.78 is 2.48. The number of aromatic nitrogens is 3. The zero-order valence-corrected chi connectivity index (χ0v) is 14.1. The molecule has 0 radical (unpaired) electrons. The maximum Gasteiger partial charge on any atom is 0.274 e. The molecule has 0 saturated heterocycles. The van der Waals surface area contributed by atoms with Gasteiger partial charge in [0.1, 0.15) is 0 Å². The van der Waals surface area contributed by atoms with Crippen LogP contribution in [0.15, 0.2) is 28.7 Å². The highest BCUT2D eigenvalue weighted by molar-refractivity contribution is 9.10. The standard InChI is InChI=1S/C14H16BrN5O2/c1-9-13(14(22)16-8-12(21)19(2)3)17-18-20(9)11-6-4-5-10(15)7-11/h4-7H,8H2,1-3H3,(H,16,22). The molecule has 2 aromatic rings. The van der Waals surface area contributed by atoms with E-state index < -0.39 is 5.91 Å². The third kappa shape index (κ3) is 3.51. The number of carbonyl (C=O) groups excluding carboxylic acids is 2. The highest BCUT2D eigenvalue weighted by Gasteiger charge is 2.18. The monoisotopic (exact) mass is 365 g/mol. The van der Waals surface area contributed by atoms with Crippen LogP contribution in [-0.2, 0) is 4.79 Å². The van der Waals surface area contributed by atoms with Gasteiger partial charge < -0.3 is 10.2 Å². The predicted octanol–water partition coefficient (Wildman–Crippen LogP) is 1.16. The molecule has 1 aromatic heterocycles. The molecule has 0 unspecified atom stereocenters. The second-order valence-corrected chi connectivity index (χ2v) is 5.80. The molecule has 22 heavy (non-hydrogen) atoms. The van der Waals surface area contributed by atoms with Gasteiger partial charge in [-0.3, -0.25) is 9.59 Å². The van der Waals surface area contributed by atoms with E-state index in [9.17, 15) is 9.59 Å². The van der Waals surface area contributed by atoms with Crippen LogP contribution in [0.4, 0.5) is 0 Å². The number of rotatable bonds is 4. The number of nitrogens with zero attached hydrogens (tertiary/aromatic N) is 4. The van der Waals surface area contributed by atoms with Crippen LogP contribution >= 0.6 is 15.9 Å². The van der Waals surface area contributed by atoms with Crippen LogP contribution in [0.3, 0.4) is 0 Å². The van der Waals surface area contributed by atoms with Crippen molar-refractivity contribution < 1.29 is 9.59 Å². The Morgan fingerprint density at radius 1 is 1.36 bits per heavy atom. The third-order valence-corrected chi connectivity index (χ3v) is 3.55. The molecule has 7 nitrogen and oxygen atoms in total. The van der Waals surface area contributed by atoms with Crippen LogP contribution < -0.4 is 5.32 Å². The van der Waals surface area contributed by atoms with E-state index in [1.165, 1.54) is 4.90 Å². The highest BCUT2D eigenvalue weighted by atomic mass is 79.9. The lowest BCUT2D eigenvalue weighted by Crippen LogP contribution is -2.36. The van der Waals surface area contributed by atoms with Crippen LogP contribution in [0.2, 0.25) is 0 Å². The van der Waals surface area contributed by atoms with Crippen LogP contribution in [0.5, 0.6) is 0 Å². The molecule has 2 amide bonds. The minimum absolute atomic E-state index is 0.0744. The number of carbonyl (C=O) groups is 2. The van der Waals surface area contributed by atoms with Crippen molar-refractivity contribution in [3.05, 3.63) is 40.1 Å². The second-order valence-electron chi connectivity index (χ2n) is 4.89. The van der Waals surface area contributed by atoms with E-state index in [4.69, 9.17) is 0 Å². The number of nitrogens with one attached hydrogen (secondary N) is 1. The van der Waals surface area contributed by atoms with E-state index in [1.54, 1.807) is 25.7 Å². The first-order valence-corrected chi connectivity index (χ1v) is 7.36. The van der Waals surface area contributed by atoms with E-state index in [-0.39, 0.29) is 18.1 Å². The van der Waals surface area contributed by atoms with Gasteiger partial charge in [0.05, 0.1) is 17.9 Å². The largest absolute Gasteiger partial charge is 0.347 e. The molecule has 0 fully saturated rings. The number of amides is 2. The summed E-state index contributed by atoms with van der Waals surface area (Å²) in [7, 11) is 3.26. The maximum absolute atomic E-state index is 12.1. The van der Waals surface area contributed by atoms with Crippen molar-refractivity contribution in [1.29, 1.82) is 0 Å². The van der Waals surface area contributed by atoms with Gasteiger partial charge in [-0.15, -0.1) is 5.10 Å². The van der Waals surface area contributed by atoms with Crippen molar-refractivity contribution in [2.45, 2.75) is 6.92 Å². The fourth-order valence-electron chi connectivity index (χ4n) is 1.79. The van der Waals surface area contributed by atoms with Crippen LogP contribution in [0, 0.1) is 6.92 Å². The summed E-state index contributed by atoms with van der Waals surface area (Å²) in [6, 6.07) is 7.51. The number of likely N-dealkylation sites (N-methyl/N-ethyl adjacent to an activating group) is 1. The third-order valence-electron chi connectivity index (χ3n) is 3.06. The molecule has 0 aliphatic rings. The summed E-state index contributed by atoms with van der Waals surface area (Å²) in [6.45, 7) is 1.68. The summed E-state index contributed by atoms with van der Waals surface area (Å²) in [5.41, 5.74) is 1.60. The Bertz CT molecular complexity index is 711. The first kappa shape index (κ1) is 16.2. The van der Waals surface area contributed by atoms with E-state index in [2.05, 4.69) is 31.6 Å². The van der Waals surface area contributed by atoms with Gasteiger partial charge in [-0.05, 0) is 25.1 Å². The first-order valence-electron chi connectivity index (χ1n) is 6.56. The smallest absolute Gasteiger partial charge is 0.274 e. The van der Waals surface area contributed by atoms with Crippen molar-refractivity contribution in [1.82, 2.24) is 25.2 Å². The molecule has 0 atom stereocenters. The van der Waals surface area contributed by atoms with Gasteiger partial charge >= 0.3 is 0 Å². The van der Waals surface area contributed by atoms with Gasteiger partial charge in [0.25, 0.3) is 5.91 Å². The van der Waals surface area contributed by atoms with Gasteiger partial charge in [-0.1, -0.05) is 27.2 Å².